The number of piperazine rings is 1. The first-order valence-electron chi connectivity index (χ1n) is 9.06. The lowest BCUT2D eigenvalue weighted by molar-refractivity contribution is 0.0138. The number of rotatable bonds is 4. The van der Waals surface area contributed by atoms with Gasteiger partial charge in [0.25, 0.3) is 5.91 Å². The maximum atomic E-state index is 13.0. The van der Waals surface area contributed by atoms with Crippen molar-refractivity contribution in [2.75, 3.05) is 39.8 Å². The largest absolute Gasteiger partial charge is 0.350 e. The molecule has 1 saturated carbocycles. The van der Waals surface area contributed by atoms with Crippen molar-refractivity contribution in [1.29, 1.82) is 0 Å². The van der Waals surface area contributed by atoms with E-state index >= 15 is 0 Å². The Morgan fingerprint density at radius 3 is 2.33 bits per heavy atom. The summed E-state index contributed by atoms with van der Waals surface area (Å²) < 4.78 is 13.0. The molecule has 4 nitrogen and oxygen atoms in total. The Morgan fingerprint density at radius 1 is 1.08 bits per heavy atom. The number of amides is 1. The predicted molar refractivity (Wildman–Crippen MR) is 93.6 cm³/mol. The minimum absolute atomic E-state index is 0.0925. The molecule has 0 aromatic heterocycles. The second-order valence-electron chi connectivity index (χ2n) is 7.26. The molecule has 3 rings (SSSR count). The highest BCUT2D eigenvalue weighted by Crippen LogP contribution is 2.34. The number of hydrogen-bond acceptors (Lipinski definition) is 3. The summed E-state index contributed by atoms with van der Waals surface area (Å²) in [5.74, 6) is -0.415. The van der Waals surface area contributed by atoms with Crippen molar-refractivity contribution in [2.45, 2.75) is 37.6 Å². The van der Waals surface area contributed by atoms with Crippen molar-refractivity contribution in [3.63, 3.8) is 0 Å². The second kappa shape index (κ2) is 7.62. The zero-order valence-corrected chi connectivity index (χ0v) is 14.6. The van der Waals surface area contributed by atoms with Crippen LogP contribution >= 0.6 is 0 Å². The van der Waals surface area contributed by atoms with Crippen LogP contribution in [-0.2, 0) is 0 Å². The fourth-order valence-electron chi connectivity index (χ4n) is 4.04. The van der Waals surface area contributed by atoms with Gasteiger partial charge in [0.15, 0.2) is 0 Å². The first kappa shape index (κ1) is 17.4. The molecular weight excluding hydrogens is 305 g/mol. The standard InChI is InChI=1S/C19H28FN3O/c1-22-11-13-23(14-12-22)19(9-3-2-4-10-19)15-21-18(24)16-5-7-17(20)8-6-16/h5-8H,2-4,9-15H2,1H3,(H,21,24). The lowest BCUT2D eigenvalue weighted by Crippen LogP contribution is -2.61. The maximum Gasteiger partial charge on any atom is 0.251 e. The van der Waals surface area contributed by atoms with Crippen molar-refractivity contribution in [2.24, 2.45) is 0 Å². The van der Waals surface area contributed by atoms with Gasteiger partial charge in [-0.05, 0) is 44.2 Å². The van der Waals surface area contributed by atoms with Gasteiger partial charge in [-0.15, -0.1) is 0 Å². The molecule has 0 unspecified atom stereocenters. The van der Waals surface area contributed by atoms with E-state index < -0.39 is 0 Å². The van der Waals surface area contributed by atoms with Crippen LogP contribution in [0.4, 0.5) is 4.39 Å². The van der Waals surface area contributed by atoms with Crippen LogP contribution in [0.5, 0.6) is 0 Å². The van der Waals surface area contributed by atoms with Crippen molar-refractivity contribution >= 4 is 5.91 Å². The van der Waals surface area contributed by atoms with Crippen molar-refractivity contribution in [3.05, 3.63) is 35.6 Å². The van der Waals surface area contributed by atoms with E-state index in [1.807, 2.05) is 0 Å². The average Bonchev–Trinajstić information content (AvgIpc) is 2.62. The van der Waals surface area contributed by atoms with Gasteiger partial charge in [0.1, 0.15) is 5.82 Å². The molecule has 2 aliphatic rings. The summed E-state index contributed by atoms with van der Waals surface area (Å²) in [6.45, 7) is 5.01. The predicted octanol–water partition coefficient (Wildman–Crippen LogP) is 2.51. The summed E-state index contributed by atoms with van der Waals surface area (Å²) in [6, 6.07) is 5.78. The Hall–Kier alpha value is -1.46. The third-order valence-corrected chi connectivity index (χ3v) is 5.64. The molecule has 0 radical (unpaired) electrons. The molecule has 1 amide bonds. The van der Waals surface area contributed by atoms with Crippen LogP contribution < -0.4 is 5.32 Å². The van der Waals surface area contributed by atoms with Crippen LogP contribution in [0.2, 0.25) is 0 Å². The minimum atomic E-state index is -0.312. The molecule has 5 heteroatoms. The molecule has 132 valence electrons. The fraction of sp³-hybridized carbons (Fsp3) is 0.632. The molecule has 0 atom stereocenters. The van der Waals surface area contributed by atoms with E-state index in [1.54, 1.807) is 12.1 Å². The molecule has 0 spiro atoms. The molecule has 24 heavy (non-hydrogen) atoms. The quantitative estimate of drug-likeness (QED) is 0.920. The van der Waals surface area contributed by atoms with E-state index in [1.165, 1.54) is 31.4 Å². The third-order valence-electron chi connectivity index (χ3n) is 5.64. The van der Waals surface area contributed by atoms with Crippen LogP contribution in [0.3, 0.4) is 0 Å². The third kappa shape index (κ3) is 3.95. The molecule has 1 aromatic rings. The van der Waals surface area contributed by atoms with Gasteiger partial charge in [-0.1, -0.05) is 19.3 Å². The summed E-state index contributed by atoms with van der Waals surface area (Å²) in [7, 11) is 2.17. The highest BCUT2D eigenvalue weighted by molar-refractivity contribution is 5.94. The van der Waals surface area contributed by atoms with E-state index in [0.717, 1.165) is 39.0 Å². The lowest BCUT2D eigenvalue weighted by Gasteiger charge is -2.49. The van der Waals surface area contributed by atoms with Gasteiger partial charge in [0, 0.05) is 43.8 Å². The van der Waals surface area contributed by atoms with Crippen LogP contribution in [0, 0.1) is 5.82 Å². The average molecular weight is 333 g/mol. The van der Waals surface area contributed by atoms with E-state index in [9.17, 15) is 9.18 Å². The highest BCUT2D eigenvalue weighted by atomic mass is 19.1. The molecule has 1 saturated heterocycles. The Balaban J connectivity index is 1.66. The number of hydrogen-bond donors (Lipinski definition) is 1. The maximum absolute atomic E-state index is 13.0. The zero-order valence-electron chi connectivity index (χ0n) is 14.6. The van der Waals surface area contributed by atoms with Gasteiger partial charge < -0.3 is 10.2 Å². The van der Waals surface area contributed by atoms with Crippen molar-refractivity contribution < 1.29 is 9.18 Å². The lowest BCUT2D eigenvalue weighted by atomic mass is 9.79. The normalized spacial score (nSPS) is 22.2. The van der Waals surface area contributed by atoms with Gasteiger partial charge in [0.05, 0.1) is 0 Å². The van der Waals surface area contributed by atoms with Gasteiger partial charge in [-0.2, -0.15) is 0 Å². The minimum Gasteiger partial charge on any atom is -0.350 e. The van der Waals surface area contributed by atoms with Crippen molar-refractivity contribution in [1.82, 2.24) is 15.1 Å². The number of carbonyl (C=O) groups excluding carboxylic acids is 1. The molecule has 0 bridgehead atoms. The van der Waals surface area contributed by atoms with Gasteiger partial charge >= 0.3 is 0 Å². The molecule has 1 heterocycles. The number of likely N-dealkylation sites (N-methyl/N-ethyl adjacent to an activating group) is 1. The molecule has 2 fully saturated rings. The second-order valence-corrected chi connectivity index (χ2v) is 7.26. The number of halogens is 1. The Morgan fingerprint density at radius 2 is 1.71 bits per heavy atom. The number of nitrogens with one attached hydrogen (secondary N) is 1. The van der Waals surface area contributed by atoms with Crippen LogP contribution in [0.1, 0.15) is 42.5 Å². The first-order valence-corrected chi connectivity index (χ1v) is 9.06. The summed E-state index contributed by atoms with van der Waals surface area (Å²) in [5.41, 5.74) is 0.621. The number of nitrogens with zero attached hydrogens (tertiary/aromatic N) is 2. The van der Waals surface area contributed by atoms with Gasteiger partial charge in [-0.25, -0.2) is 4.39 Å². The zero-order chi connectivity index (χ0) is 17.0. The molecule has 1 aliphatic heterocycles. The van der Waals surface area contributed by atoms with E-state index in [-0.39, 0.29) is 17.3 Å². The van der Waals surface area contributed by atoms with Gasteiger partial charge in [-0.3, -0.25) is 9.69 Å². The Labute approximate surface area is 144 Å². The SMILES string of the molecule is CN1CCN(C2(CNC(=O)c3ccc(F)cc3)CCCCC2)CC1. The monoisotopic (exact) mass is 333 g/mol. The summed E-state index contributed by atoms with van der Waals surface area (Å²) in [6.07, 6.45) is 6.07. The fourth-order valence-corrected chi connectivity index (χ4v) is 4.04. The molecule has 1 aromatic carbocycles. The molecule has 1 aliphatic carbocycles. The summed E-state index contributed by atoms with van der Waals surface area (Å²) in [5, 5.41) is 3.12. The number of carbonyl (C=O) groups is 1. The Kier molecular flexibility index (Phi) is 5.51. The van der Waals surface area contributed by atoms with Gasteiger partial charge in [0.2, 0.25) is 0 Å². The molecule has 1 N–H and O–H groups in total. The van der Waals surface area contributed by atoms with Crippen LogP contribution in [0.15, 0.2) is 24.3 Å². The number of benzene rings is 1. The summed E-state index contributed by atoms with van der Waals surface area (Å²) in [4.78, 5) is 17.4. The molecular formula is C19H28FN3O. The smallest absolute Gasteiger partial charge is 0.251 e. The Bertz CT molecular complexity index is 546. The van der Waals surface area contributed by atoms with Crippen LogP contribution in [0.25, 0.3) is 0 Å². The van der Waals surface area contributed by atoms with E-state index in [0.29, 0.717) is 12.1 Å². The van der Waals surface area contributed by atoms with E-state index in [2.05, 4.69) is 22.2 Å². The van der Waals surface area contributed by atoms with Crippen LogP contribution in [-0.4, -0.2) is 61.0 Å². The van der Waals surface area contributed by atoms with Crippen molar-refractivity contribution in [3.8, 4) is 0 Å². The first-order chi connectivity index (χ1) is 11.6. The topological polar surface area (TPSA) is 35.6 Å². The highest BCUT2D eigenvalue weighted by Gasteiger charge is 2.39. The van der Waals surface area contributed by atoms with E-state index in [4.69, 9.17) is 0 Å². The summed E-state index contributed by atoms with van der Waals surface area (Å²) >= 11 is 0.